The quantitative estimate of drug-likeness (QED) is 0.192. The summed E-state index contributed by atoms with van der Waals surface area (Å²) in [5, 5.41) is 29.2. The van der Waals surface area contributed by atoms with Gasteiger partial charge in [-0.15, -0.1) is 0 Å². The van der Waals surface area contributed by atoms with Crippen LogP contribution in [-0.4, -0.2) is 51.1 Å². The highest BCUT2D eigenvalue weighted by atomic mass is 16.5. The minimum Gasteiger partial charge on any atom is -0.497 e. The number of carboxylic acid groups (broad SMARTS) is 3. The zero-order valence-electron chi connectivity index (χ0n) is 23.7. The average molecular weight is 596 g/mol. The Morgan fingerprint density at radius 2 is 1.34 bits per heavy atom. The van der Waals surface area contributed by atoms with E-state index in [9.17, 15) is 34.5 Å². The normalized spacial score (nSPS) is 13.8. The lowest BCUT2D eigenvalue weighted by molar-refractivity contribution is 0.0611. The van der Waals surface area contributed by atoms with Crippen molar-refractivity contribution in [2.24, 2.45) is 0 Å². The lowest BCUT2D eigenvalue weighted by Gasteiger charge is -2.36. The summed E-state index contributed by atoms with van der Waals surface area (Å²) in [6.07, 6.45) is 2.18. The molecule has 1 aliphatic rings. The summed E-state index contributed by atoms with van der Waals surface area (Å²) < 4.78 is 11.2. The molecule has 10 nitrogen and oxygen atoms in total. The van der Waals surface area contributed by atoms with E-state index >= 15 is 0 Å². The first-order valence-corrected chi connectivity index (χ1v) is 13.8. The maximum Gasteiger partial charge on any atom is 0.336 e. The topological polar surface area (TPSA) is 151 Å². The average Bonchev–Trinajstić information content (AvgIpc) is 3.03. The third kappa shape index (κ3) is 6.24. The molecule has 0 heterocycles. The number of aromatic carboxylic acids is 3. The van der Waals surface area contributed by atoms with Crippen molar-refractivity contribution >= 4 is 23.8 Å². The molecule has 0 aromatic heterocycles. The number of hydrogen-bond acceptors (Lipinski definition) is 6. The summed E-state index contributed by atoms with van der Waals surface area (Å²) in [6.45, 7) is 0.0415. The number of carboxylic acids is 3. The van der Waals surface area contributed by atoms with Crippen LogP contribution < -0.4 is 9.47 Å². The molecule has 1 atom stereocenters. The zero-order chi connectivity index (χ0) is 31.4. The van der Waals surface area contributed by atoms with Crippen molar-refractivity contribution in [3.63, 3.8) is 0 Å². The number of carbonyl (C=O) groups is 4. The van der Waals surface area contributed by atoms with Crippen molar-refractivity contribution in [1.82, 2.24) is 4.90 Å². The molecule has 44 heavy (non-hydrogen) atoms. The van der Waals surface area contributed by atoms with Crippen LogP contribution in [0.2, 0.25) is 0 Å². The smallest absolute Gasteiger partial charge is 0.336 e. The van der Waals surface area contributed by atoms with Gasteiger partial charge in [-0.3, -0.25) is 4.79 Å². The Hall–Kier alpha value is -5.64. The van der Waals surface area contributed by atoms with E-state index in [-0.39, 0.29) is 6.54 Å². The van der Waals surface area contributed by atoms with Crippen molar-refractivity contribution in [2.45, 2.75) is 31.8 Å². The second-order valence-corrected chi connectivity index (χ2v) is 10.3. The number of fused-ring (bicyclic) bond motifs is 1. The van der Waals surface area contributed by atoms with Crippen LogP contribution in [0, 0.1) is 0 Å². The van der Waals surface area contributed by atoms with E-state index in [0.29, 0.717) is 29.2 Å². The standard InChI is InChI=1S/C34H29NO9/c1-43-22-12-14-23(15-13-22)44-24-9-4-6-20(16-24)19-35(30-11-5-8-21-7-2-3-10-25(21)30)31(36)26-17-28(33(39)40)29(34(41)42)18-27(26)32(37)38/h2-4,6-7,9-10,12-18,30H,5,8,11,19H2,1H3,(H,37,38)(H,39,40)(H,41,42)/t30-/m0/s1. The van der Waals surface area contributed by atoms with Gasteiger partial charge in [-0.25, -0.2) is 14.4 Å². The molecule has 5 rings (SSSR count). The summed E-state index contributed by atoms with van der Waals surface area (Å²) in [4.78, 5) is 51.9. The number of benzene rings is 4. The highest BCUT2D eigenvalue weighted by Crippen LogP contribution is 2.37. The predicted molar refractivity (Wildman–Crippen MR) is 159 cm³/mol. The van der Waals surface area contributed by atoms with E-state index in [1.54, 1.807) is 49.6 Å². The molecule has 1 amide bonds. The molecule has 224 valence electrons. The molecule has 0 saturated heterocycles. The molecule has 0 aliphatic heterocycles. The molecule has 4 aromatic carbocycles. The fourth-order valence-electron chi connectivity index (χ4n) is 5.52. The van der Waals surface area contributed by atoms with Crippen LogP contribution in [0.4, 0.5) is 0 Å². The van der Waals surface area contributed by atoms with Gasteiger partial charge in [0.1, 0.15) is 17.2 Å². The number of nitrogens with zero attached hydrogens (tertiary/aromatic N) is 1. The van der Waals surface area contributed by atoms with Crippen LogP contribution in [-0.2, 0) is 13.0 Å². The second-order valence-electron chi connectivity index (χ2n) is 10.3. The van der Waals surface area contributed by atoms with Crippen LogP contribution in [0.3, 0.4) is 0 Å². The zero-order valence-corrected chi connectivity index (χ0v) is 23.7. The molecule has 0 radical (unpaired) electrons. The van der Waals surface area contributed by atoms with Crippen LogP contribution in [0.5, 0.6) is 17.2 Å². The highest BCUT2D eigenvalue weighted by Gasteiger charge is 2.33. The number of aryl methyl sites for hydroxylation is 1. The first kappa shape index (κ1) is 29.8. The molecular weight excluding hydrogens is 566 g/mol. The molecule has 4 aromatic rings. The van der Waals surface area contributed by atoms with Gasteiger partial charge in [0.2, 0.25) is 0 Å². The number of rotatable bonds is 10. The van der Waals surface area contributed by atoms with Gasteiger partial charge < -0.3 is 29.7 Å². The lowest BCUT2D eigenvalue weighted by atomic mass is 9.86. The number of carbonyl (C=O) groups excluding carboxylic acids is 1. The van der Waals surface area contributed by atoms with Gasteiger partial charge in [0.15, 0.2) is 0 Å². The fraction of sp³-hybridized carbons (Fsp3) is 0.176. The summed E-state index contributed by atoms with van der Waals surface area (Å²) in [7, 11) is 1.57. The molecule has 0 fully saturated rings. The molecule has 10 heteroatoms. The van der Waals surface area contributed by atoms with Gasteiger partial charge in [0, 0.05) is 6.54 Å². The minimum absolute atomic E-state index is 0.0415. The maximum atomic E-state index is 14.4. The lowest BCUT2D eigenvalue weighted by Crippen LogP contribution is -2.37. The van der Waals surface area contributed by atoms with Crippen molar-refractivity contribution in [2.75, 3.05) is 7.11 Å². The van der Waals surface area contributed by atoms with Gasteiger partial charge in [-0.05, 0) is 84.5 Å². The van der Waals surface area contributed by atoms with Gasteiger partial charge in [0.25, 0.3) is 5.91 Å². The van der Waals surface area contributed by atoms with Gasteiger partial charge >= 0.3 is 17.9 Å². The number of ether oxygens (including phenoxy) is 2. The Kier molecular flexibility index (Phi) is 8.61. The van der Waals surface area contributed by atoms with Gasteiger partial charge in [0.05, 0.1) is 35.4 Å². The number of hydrogen-bond donors (Lipinski definition) is 3. The minimum atomic E-state index is -1.62. The Morgan fingerprint density at radius 1 is 0.727 bits per heavy atom. The molecule has 0 unspecified atom stereocenters. The van der Waals surface area contributed by atoms with Crippen molar-refractivity contribution in [1.29, 1.82) is 0 Å². The SMILES string of the molecule is COc1ccc(Oc2cccc(CN(C(=O)c3cc(C(=O)O)c(C(=O)O)cc3C(=O)O)[C@H]3CCCc4ccccc43)c2)cc1. The Bertz CT molecular complexity index is 1750. The largest absolute Gasteiger partial charge is 0.497 e. The highest BCUT2D eigenvalue weighted by molar-refractivity contribution is 6.10. The summed E-state index contributed by atoms with van der Waals surface area (Å²) >= 11 is 0. The van der Waals surface area contributed by atoms with E-state index in [1.807, 2.05) is 30.3 Å². The van der Waals surface area contributed by atoms with Crippen LogP contribution in [0.1, 0.15) is 77.0 Å². The molecule has 0 bridgehead atoms. The van der Waals surface area contributed by atoms with Gasteiger partial charge in [-0.2, -0.15) is 0 Å². The predicted octanol–water partition coefficient (Wildman–Crippen LogP) is 6.30. The van der Waals surface area contributed by atoms with Crippen molar-refractivity contribution in [3.05, 3.63) is 124 Å². The van der Waals surface area contributed by atoms with Crippen LogP contribution in [0.15, 0.2) is 84.9 Å². The van der Waals surface area contributed by atoms with E-state index in [1.165, 1.54) is 4.90 Å². The Labute approximate surface area is 252 Å². The van der Waals surface area contributed by atoms with E-state index < -0.39 is 52.1 Å². The Balaban J connectivity index is 1.58. The monoisotopic (exact) mass is 595 g/mol. The summed E-state index contributed by atoms with van der Waals surface area (Å²) in [5.41, 5.74) is 0.259. The van der Waals surface area contributed by atoms with Crippen LogP contribution in [0.25, 0.3) is 0 Å². The third-order valence-electron chi connectivity index (χ3n) is 7.60. The molecule has 3 N–H and O–H groups in total. The van der Waals surface area contributed by atoms with E-state index in [0.717, 1.165) is 36.1 Å². The first-order chi connectivity index (χ1) is 21.2. The molecule has 0 saturated carbocycles. The maximum absolute atomic E-state index is 14.4. The number of methoxy groups -OCH3 is 1. The summed E-state index contributed by atoms with van der Waals surface area (Å²) in [5.74, 6) is -3.73. The van der Waals surface area contributed by atoms with E-state index in [2.05, 4.69) is 0 Å². The fourth-order valence-corrected chi connectivity index (χ4v) is 5.52. The van der Waals surface area contributed by atoms with Crippen molar-refractivity contribution < 1.29 is 44.0 Å². The van der Waals surface area contributed by atoms with Crippen molar-refractivity contribution in [3.8, 4) is 17.2 Å². The number of amides is 1. The van der Waals surface area contributed by atoms with Gasteiger partial charge in [-0.1, -0.05) is 36.4 Å². The Morgan fingerprint density at radius 3 is 2.00 bits per heavy atom. The first-order valence-electron chi connectivity index (χ1n) is 13.8. The summed E-state index contributed by atoms with van der Waals surface area (Å²) in [6, 6.07) is 23.0. The molecular formula is C34H29NO9. The molecule has 1 aliphatic carbocycles. The third-order valence-corrected chi connectivity index (χ3v) is 7.60. The molecule has 0 spiro atoms. The van der Waals surface area contributed by atoms with E-state index in [4.69, 9.17) is 9.47 Å². The second kappa shape index (κ2) is 12.7. The van der Waals surface area contributed by atoms with Crippen LogP contribution >= 0.6 is 0 Å².